The lowest BCUT2D eigenvalue weighted by atomic mass is 9.48. The molecule has 5 nitrogen and oxygen atoms in total. The molecule has 2 aliphatic heterocycles. The average Bonchev–Trinajstić information content (AvgIpc) is 3.36. The smallest absolute Gasteiger partial charge is 0.232 e. The van der Waals surface area contributed by atoms with Gasteiger partial charge in [-0.15, -0.1) is 0 Å². The maximum atomic E-state index is 13.5. The van der Waals surface area contributed by atoms with Crippen LogP contribution in [0.2, 0.25) is 0 Å². The van der Waals surface area contributed by atoms with Crippen molar-refractivity contribution in [2.75, 3.05) is 0 Å². The van der Waals surface area contributed by atoms with Gasteiger partial charge in [0.15, 0.2) is 12.0 Å². The van der Waals surface area contributed by atoms with E-state index < -0.39 is 16.2 Å². The first-order valence-corrected chi connectivity index (χ1v) is 14.1. The summed E-state index contributed by atoms with van der Waals surface area (Å²) in [5, 5.41) is 2.81. The van der Waals surface area contributed by atoms with E-state index in [2.05, 4.69) is 50.4 Å². The van der Waals surface area contributed by atoms with Gasteiger partial charge in [-0.2, -0.15) is 0 Å². The van der Waals surface area contributed by atoms with Crippen LogP contribution in [0.5, 0.6) is 0 Å². The molecular weight excluding hydrogens is 460 g/mol. The van der Waals surface area contributed by atoms with Crippen LogP contribution in [0.1, 0.15) is 102 Å². The summed E-state index contributed by atoms with van der Waals surface area (Å²) in [4.78, 5) is 32.4. The van der Waals surface area contributed by atoms with Crippen LogP contribution in [0, 0.1) is 16.2 Å². The number of nitrogens with one attached hydrogen (secondary N) is 1. The molecule has 196 valence electrons. The SMILES string of the molecule is CCCC1(C2=N[C@@H](c3ccccc3)[C@H](c3ccccc3)O2)C[C@@]2(CCC)C[C@@](CCC)(C1)C(=O)NC2=O. The summed E-state index contributed by atoms with van der Waals surface area (Å²) in [7, 11) is 0. The van der Waals surface area contributed by atoms with Crippen molar-refractivity contribution < 1.29 is 14.3 Å². The molecule has 3 aliphatic rings. The van der Waals surface area contributed by atoms with E-state index in [0.29, 0.717) is 19.3 Å². The summed E-state index contributed by atoms with van der Waals surface area (Å²) in [6.07, 6.45) is 6.94. The second-order valence-corrected chi connectivity index (χ2v) is 11.6. The van der Waals surface area contributed by atoms with Gasteiger partial charge in [0.2, 0.25) is 11.8 Å². The maximum absolute atomic E-state index is 13.5. The summed E-state index contributed by atoms with van der Waals surface area (Å²) in [5.41, 5.74) is 0.642. The Morgan fingerprint density at radius 2 is 1.19 bits per heavy atom. The summed E-state index contributed by atoms with van der Waals surface area (Å²) in [5.74, 6) is 0.563. The van der Waals surface area contributed by atoms with Gasteiger partial charge in [-0.25, -0.2) is 4.99 Å². The van der Waals surface area contributed by atoms with Crippen molar-refractivity contribution in [3.8, 4) is 0 Å². The first-order valence-electron chi connectivity index (χ1n) is 14.1. The van der Waals surface area contributed by atoms with Crippen molar-refractivity contribution in [1.82, 2.24) is 5.32 Å². The number of amides is 2. The van der Waals surface area contributed by atoms with Gasteiger partial charge in [0.05, 0.1) is 10.8 Å². The van der Waals surface area contributed by atoms with Crippen molar-refractivity contribution in [2.45, 2.75) is 90.7 Å². The van der Waals surface area contributed by atoms with Gasteiger partial charge >= 0.3 is 0 Å². The number of nitrogens with zero attached hydrogens (tertiary/aromatic N) is 1. The van der Waals surface area contributed by atoms with E-state index >= 15 is 0 Å². The highest BCUT2D eigenvalue weighted by Crippen LogP contribution is 2.63. The third-order valence-corrected chi connectivity index (χ3v) is 8.91. The molecule has 2 aromatic rings. The molecule has 37 heavy (non-hydrogen) atoms. The van der Waals surface area contributed by atoms with Gasteiger partial charge in [-0.05, 0) is 49.7 Å². The van der Waals surface area contributed by atoms with Crippen LogP contribution in [0.4, 0.5) is 0 Å². The fourth-order valence-electron chi connectivity index (χ4n) is 7.74. The van der Waals surface area contributed by atoms with Gasteiger partial charge in [0, 0.05) is 5.41 Å². The molecule has 1 saturated heterocycles. The van der Waals surface area contributed by atoms with Crippen LogP contribution in [-0.4, -0.2) is 17.7 Å². The Bertz CT molecular complexity index is 1130. The third kappa shape index (κ3) is 4.41. The topological polar surface area (TPSA) is 67.8 Å². The van der Waals surface area contributed by atoms with Crippen molar-refractivity contribution in [3.63, 3.8) is 0 Å². The molecule has 0 aromatic heterocycles. The van der Waals surface area contributed by atoms with Crippen LogP contribution in [-0.2, 0) is 14.3 Å². The molecule has 2 amide bonds. The minimum absolute atomic E-state index is 0.0935. The summed E-state index contributed by atoms with van der Waals surface area (Å²) < 4.78 is 6.90. The number of imide groups is 1. The van der Waals surface area contributed by atoms with E-state index in [1.165, 1.54) is 0 Å². The molecule has 0 spiro atoms. The quantitative estimate of drug-likeness (QED) is 0.374. The van der Waals surface area contributed by atoms with Gasteiger partial charge in [0.25, 0.3) is 0 Å². The molecule has 2 fully saturated rings. The van der Waals surface area contributed by atoms with E-state index in [0.717, 1.165) is 55.5 Å². The second-order valence-electron chi connectivity index (χ2n) is 11.6. The molecule has 2 bridgehead atoms. The largest absolute Gasteiger partial charge is 0.470 e. The molecule has 2 heterocycles. The van der Waals surface area contributed by atoms with Gasteiger partial charge in [-0.1, -0.05) is 101 Å². The Morgan fingerprint density at radius 1 is 0.730 bits per heavy atom. The fourth-order valence-corrected chi connectivity index (χ4v) is 7.74. The molecule has 1 aliphatic carbocycles. The molecule has 0 radical (unpaired) electrons. The summed E-state index contributed by atoms with van der Waals surface area (Å²) in [6.45, 7) is 6.46. The predicted molar refractivity (Wildman–Crippen MR) is 146 cm³/mol. The lowest BCUT2D eigenvalue weighted by molar-refractivity contribution is -0.164. The van der Waals surface area contributed by atoms with Crippen LogP contribution in [0.25, 0.3) is 0 Å². The van der Waals surface area contributed by atoms with E-state index in [1.807, 2.05) is 36.4 Å². The maximum Gasteiger partial charge on any atom is 0.232 e. The zero-order valence-corrected chi connectivity index (χ0v) is 22.5. The molecule has 5 rings (SSSR count). The number of fused-ring (bicyclic) bond motifs is 2. The standard InChI is InChI=1S/C32H40N2O3/c1-4-17-30-20-31(18-5-2,28(36)34-27(30)35)22-32(21-30,19-6-3)29-33-25(23-13-9-7-10-14-23)26(37-29)24-15-11-8-12-16-24/h7-16,25-26H,4-6,17-22H2,1-3H3,(H,34,35,36)/t25-,26-,30-,31+,32?/m0/s1. The number of benzene rings is 2. The molecule has 1 saturated carbocycles. The third-order valence-electron chi connectivity index (χ3n) is 8.91. The number of rotatable bonds is 9. The molecule has 5 heteroatoms. The van der Waals surface area contributed by atoms with E-state index in [9.17, 15) is 9.59 Å². The van der Waals surface area contributed by atoms with Crippen LogP contribution >= 0.6 is 0 Å². The average molecular weight is 501 g/mol. The summed E-state index contributed by atoms with van der Waals surface area (Å²) in [6, 6.07) is 20.5. The van der Waals surface area contributed by atoms with Crippen molar-refractivity contribution in [1.29, 1.82) is 0 Å². The highest BCUT2D eigenvalue weighted by Gasteiger charge is 2.65. The number of piperidine rings is 1. The first kappa shape index (κ1) is 25.7. The molecule has 1 unspecified atom stereocenters. The van der Waals surface area contributed by atoms with Crippen LogP contribution in [0.15, 0.2) is 65.7 Å². The number of carbonyl (C=O) groups is 2. The second kappa shape index (κ2) is 10.1. The zero-order valence-electron chi connectivity index (χ0n) is 22.5. The monoisotopic (exact) mass is 500 g/mol. The Labute approximate surface area is 221 Å². The van der Waals surface area contributed by atoms with E-state index in [-0.39, 0.29) is 24.0 Å². The number of carbonyl (C=O) groups excluding carboxylic acids is 2. The molecule has 5 atom stereocenters. The molecule has 1 N–H and O–H groups in total. The lowest BCUT2D eigenvalue weighted by Crippen LogP contribution is -2.65. The first-order chi connectivity index (χ1) is 17.9. The van der Waals surface area contributed by atoms with Crippen LogP contribution < -0.4 is 5.32 Å². The van der Waals surface area contributed by atoms with Crippen molar-refractivity contribution in [2.24, 2.45) is 21.2 Å². The highest BCUT2D eigenvalue weighted by molar-refractivity contribution is 6.05. The fraction of sp³-hybridized carbons (Fsp3) is 0.531. The highest BCUT2D eigenvalue weighted by atomic mass is 16.5. The van der Waals surface area contributed by atoms with E-state index in [1.54, 1.807) is 0 Å². The lowest BCUT2D eigenvalue weighted by Gasteiger charge is -2.57. The Balaban J connectivity index is 1.64. The normalized spacial score (nSPS) is 33.0. The zero-order chi connectivity index (χ0) is 26.1. The Kier molecular flexibility index (Phi) is 6.99. The van der Waals surface area contributed by atoms with Crippen molar-refractivity contribution in [3.05, 3.63) is 71.8 Å². The minimum Gasteiger partial charge on any atom is -0.470 e. The number of hydrogen-bond donors (Lipinski definition) is 1. The Hall–Kier alpha value is -2.95. The van der Waals surface area contributed by atoms with Gasteiger partial charge in [0.1, 0.15) is 6.04 Å². The van der Waals surface area contributed by atoms with Crippen LogP contribution in [0.3, 0.4) is 0 Å². The van der Waals surface area contributed by atoms with E-state index in [4.69, 9.17) is 9.73 Å². The predicted octanol–water partition coefficient (Wildman–Crippen LogP) is 7.10. The number of ether oxygens (including phenoxy) is 1. The minimum atomic E-state index is -0.565. The molecular formula is C32H40N2O3. The van der Waals surface area contributed by atoms with Gasteiger partial charge in [-0.3, -0.25) is 14.9 Å². The number of aliphatic imine (C=N–C) groups is 1. The molecule has 2 aromatic carbocycles. The number of hydrogen-bond acceptors (Lipinski definition) is 4. The Morgan fingerprint density at radius 3 is 1.70 bits per heavy atom. The van der Waals surface area contributed by atoms with Crippen molar-refractivity contribution >= 4 is 17.7 Å². The summed E-state index contributed by atoms with van der Waals surface area (Å²) >= 11 is 0. The van der Waals surface area contributed by atoms with Gasteiger partial charge < -0.3 is 4.74 Å².